The monoisotopic (exact) mass is 508 g/mol. The second-order valence-electron chi connectivity index (χ2n) is 10.6. The van der Waals surface area contributed by atoms with Crippen molar-refractivity contribution in [3.63, 3.8) is 0 Å². The maximum Gasteiger partial charge on any atom is 0.337 e. The molecule has 1 aliphatic heterocycles. The predicted octanol–water partition coefficient (Wildman–Crippen LogP) is 6.02. The summed E-state index contributed by atoms with van der Waals surface area (Å²) in [6, 6.07) is 13.6. The van der Waals surface area contributed by atoms with Gasteiger partial charge in [0.2, 0.25) is 0 Å². The lowest BCUT2D eigenvalue weighted by Gasteiger charge is -2.29. The molecule has 0 spiro atoms. The van der Waals surface area contributed by atoms with E-state index in [1.165, 1.54) is 0 Å². The third-order valence-corrected chi connectivity index (χ3v) is 6.81. The summed E-state index contributed by atoms with van der Waals surface area (Å²) in [5.41, 5.74) is 6.47. The van der Waals surface area contributed by atoms with Gasteiger partial charge in [-0.2, -0.15) is 5.10 Å². The van der Waals surface area contributed by atoms with Crippen LogP contribution in [-0.4, -0.2) is 43.4 Å². The number of carboxylic acid groups (broad SMARTS) is 1. The van der Waals surface area contributed by atoms with Crippen molar-refractivity contribution in [2.75, 3.05) is 6.61 Å². The summed E-state index contributed by atoms with van der Waals surface area (Å²) in [7, 11) is 0. The van der Waals surface area contributed by atoms with E-state index in [1.807, 2.05) is 76.4 Å². The Morgan fingerprint density at radius 2 is 1.97 bits per heavy atom. The van der Waals surface area contributed by atoms with Crippen LogP contribution in [0.5, 0.6) is 5.75 Å². The highest BCUT2D eigenvalue weighted by Crippen LogP contribution is 2.45. The zero-order valence-corrected chi connectivity index (χ0v) is 21.7. The summed E-state index contributed by atoms with van der Waals surface area (Å²) in [6.45, 7) is 8.10. The van der Waals surface area contributed by atoms with Crippen LogP contribution in [0.1, 0.15) is 43.6 Å². The van der Waals surface area contributed by atoms with Gasteiger partial charge in [0.1, 0.15) is 5.75 Å². The molecule has 5 aromatic rings. The van der Waals surface area contributed by atoms with Crippen molar-refractivity contribution in [1.82, 2.24) is 20.2 Å². The molecule has 2 aromatic carbocycles. The Labute approximate surface area is 219 Å². The van der Waals surface area contributed by atoms with E-state index in [1.54, 1.807) is 6.20 Å². The number of carbonyl (C=O) groups is 1. The average molecular weight is 509 g/mol. The number of ether oxygens (including phenoxy) is 2. The SMILES string of the molecule is Cc1cc2nc(-c3ccn[nH]3)ccc2c(-c2ccc3c4c(ccnc24)CCO3)c1[C@H](OC(C)(C)C)C(=O)O. The van der Waals surface area contributed by atoms with Gasteiger partial charge in [0.25, 0.3) is 0 Å². The first-order chi connectivity index (χ1) is 18.2. The molecule has 38 heavy (non-hydrogen) atoms. The van der Waals surface area contributed by atoms with Crippen LogP contribution in [0.15, 0.2) is 54.9 Å². The van der Waals surface area contributed by atoms with Crippen LogP contribution in [0.3, 0.4) is 0 Å². The number of aromatic amines is 1. The molecule has 0 amide bonds. The topological polar surface area (TPSA) is 110 Å². The Morgan fingerprint density at radius 1 is 1.13 bits per heavy atom. The molecular weight excluding hydrogens is 480 g/mol. The molecule has 8 heteroatoms. The molecule has 0 saturated heterocycles. The van der Waals surface area contributed by atoms with Gasteiger partial charge in [-0.05, 0) is 86.8 Å². The fourth-order valence-corrected chi connectivity index (χ4v) is 5.29. The molecule has 0 bridgehead atoms. The summed E-state index contributed by atoms with van der Waals surface area (Å²) >= 11 is 0. The molecule has 1 aliphatic rings. The molecule has 2 N–H and O–H groups in total. The molecule has 1 atom stereocenters. The van der Waals surface area contributed by atoms with E-state index in [-0.39, 0.29) is 0 Å². The number of aliphatic carboxylic acids is 1. The third kappa shape index (κ3) is 4.07. The van der Waals surface area contributed by atoms with Crippen molar-refractivity contribution in [2.45, 2.75) is 45.8 Å². The molecule has 6 rings (SSSR count). The molecule has 3 aromatic heterocycles. The van der Waals surface area contributed by atoms with E-state index >= 15 is 0 Å². The smallest absolute Gasteiger partial charge is 0.337 e. The van der Waals surface area contributed by atoms with E-state index < -0.39 is 17.7 Å². The molecule has 0 fully saturated rings. The van der Waals surface area contributed by atoms with Crippen LogP contribution >= 0.6 is 0 Å². The highest BCUT2D eigenvalue weighted by molar-refractivity contribution is 6.08. The maximum atomic E-state index is 12.7. The first-order valence-corrected chi connectivity index (χ1v) is 12.6. The van der Waals surface area contributed by atoms with Crippen molar-refractivity contribution in [3.05, 3.63) is 71.5 Å². The summed E-state index contributed by atoms with van der Waals surface area (Å²) in [6.07, 6.45) is 3.09. The fraction of sp³-hybridized carbons (Fsp3) is 0.267. The number of aromatic nitrogens is 4. The van der Waals surface area contributed by atoms with Crippen LogP contribution in [0.4, 0.5) is 0 Å². The molecule has 192 valence electrons. The molecule has 4 heterocycles. The lowest BCUT2D eigenvalue weighted by atomic mass is 9.86. The first-order valence-electron chi connectivity index (χ1n) is 12.6. The quantitative estimate of drug-likeness (QED) is 0.298. The highest BCUT2D eigenvalue weighted by atomic mass is 16.5. The predicted molar refractivity (Wildman–Crippen MR) is 145 cm³/mol. The number of hydrogen-bond donors (Lipinski definition) is 2. The van der Waals surface area contributed by atoms with E-state index in [4.69, 9.17) is 19.4 Å². The number of nitrogens with one attached hydrogen (secondary N) is 1. The van der Waals surface area contributed by atoms with E-state index in [0.717, 1.165) is 67.6 Å². The van der Waals surface area contributed by atoms with Gasteiger partial charge >= 0.3 is 5.97 Å². The standard InChI is InChI=1S/C30H28N4O4/c1-16-15-22-18(5-7-20(33-22)21-10-13-32-34-21)26(24(16)28(29(35)36)38-30(2,3)4)19-6-8-23-25-17(11-14-37-23)9-12-31-27(19)25/h5-10,12-13,15,28H,11,14H2,1-4H3,(H,32,34)(H,35,36)/t28-/m0/s1. The van der Waals surface area contributed by atoms with Crippen LogP contribution in [0.2, 0.25) is 0 Å². The molecular formula is C30H28N4O4. The van der Waals surface area contributed by atoms with Gasteiger partial charge in [0, 0.05) is 40.7 Å². The number of H-pyrrole nitrogens is 1. The van der Waals surface area contributed by atoms with Gasteiger partial charge in [-0.25, -0.2) is 9.78 Å². The maximum absolute atomic E-state index is 12.7. The van der Waals surface area contributed by atoms with Gasteiger partial charge in [-0.1, -0.05) is 0 Å². The number of carboxylic acids is 1. The summed E-state index contributed by atoms with van der Waals surface area (Å²) in [5, 5.41) is 19.2. The number of hydrogen-bond acceptors (Lipinski definition) is 6. The minimum atomic E-state index is -1.19. The Morgan fingerprint density at radius 3 is 2.71 bits per heavy atom. The molecule has 0 aliphatic carbocycles. The van der Waals surface area contributed by atoms with Crippen molar-refractivity contribution in [3.8, 4) is 28.3 Å². The normalized spacial score (nSPS) is 14.0. The van der Waals surface area contributed by atoms with Crippen molar-refractivity contribution in [2.24, 2.45) is 0 Å². The van der Waals surface area contributed by atoms with Crippen LogP contribution in [0, 0.1) is 6.92 Å². The fourth-order valence-electron chi connectivity index (χ4n) is 5.29. The Hall–Kier alpha value is -4.30. The molecule has 0 unspecified atom stereocenters. The minimum Gasteiger partial charge on any atom is -0.493 e. The van der Waals surface area contributed by atoms with Gasteiger partial charge in [0.15, 0.2) is 6.10 Å². The number of rotatable bonds is 5. The third-order valence-electron chi connectivity index (χ3n) is 6.81. The Balaban J connectivity index is 1.71. The van der Waals surface area contributed by atoms with Crippen LogP contribution in [-0.2, 0) is 16.0 Å². The van der Waals surface area contributed by atoms with Crippen LogP contribution < -0.4 is 4.74 Å². The number of pyridine rings is 2. The van der Waals surface area contributed by atoms with Gasteiger partial charge in [0.05, 0.1) is 34.6 Å². The van der Waals surface area contributed by atoms with E-state index in [2.05, 4.69) is 10.2 Å². The van der Waals surface area contributed by atoms with Crippen molar-refractivity contribution >= 4 is 27.8 Å². The van der Waals surface area contributed by atoms with Gasteiger partial charge < -0.3 is 14.6 Å². The molecule has 8 nitrogen and oxygen atoms in total. The average Bonchev–Trinajstić information content (AvgIpc) is 3.42. The van der Waals surface area contributed by atoms with E-state index in [0.29, 0.717) is 12.2 Å². The lowest BCUT2D eigenvalue weighted by Crippen LogP contribution is -2.28. The number of nitrogens with zero attached hydrogens (tertiary/aromatic N) is 3. The van der Waals surface area contributed by atoms with Gasteiger partial charge in [-0.3, -0.25) is 10.1 Å². The zero-order chi connectivity index (χ0) is 26.6. The second-order valence-corrected chi connectivity index (χ2v) is 10.6. The lowest BCUT2D eigenvalue weighted by molar-refractivity contribution is -0.160. The van der Waals surface area contributed by atoms with Crippen LogP contribution in [0.25, 0.3) is 44.3 Å². The van der Waals surface area contributed by atoms with Gasteiger partial charge in [-0.15, -0.1) is 0 Å². The second kappa shape index (κ2) is 8.92. The first kappa shape index (κ1) is 24.1. The number of fused-ring (bicyclic) bond motifs is 1. The number of benzene rings is 2. The summed E-state index contributed by atoms with van der Waals surface area (Å²) in [4.78, 5) is 22.4. The summed E-state index contributed by atoms with van der Waals surface area (Å²) < 4.78 is 12.1. The Kier molecular flexibility index (Phi) is 5.65. The van der Waals surface area contributed by atoms with Crippen molar-refractivity contribution in [1.29, 1.82) is 0 Å². The molecule has 0 saturated carbocycles. The Bertz CT molecular complexity index is 1690. The van der Waals surface area contributed by atoms with Crippen molar-refractivity contribution < 1.29 is 19.4 Å². The molecule has 0 radical (unpaired) electrons. The van der Waals surface area contributed by atoms with E-state index in [9.17, 15) is 9.90 Å². The zero-order valence-electron chi connectivity index (χ0n) is 21.7. The minimum absolute atomic E-state index is 0.593. The highest BCUT2D eigenvalue weighted by Gasteiger charge is 2.33. The largest absolute Gasteiger partial charge is 0.493 e. The number of aryl methyl sites for hydroxylation is 1. The summed E-state index contributed by atoms with van der Waals surface area (Å²) in [5.74, 6) is -0.262.